The number of unbranched alkanes of at least 4 members (excludes halogenated alkanes) is 11. The van der Waals surface area contributed by atoms with Crippen LogP contribution < -0.4 is 0 Å². The largest absolute Gasteiger partial charge is 0.507 e. The predicted molar refractivity (Wildman–Crippen MR) is 201 cm³/mol. The molecule has 3 rings (SSSR count). The number of oxime groups is 2. The third kappa shape index (κ3) is 15.1. The molecule has 0 aliphatic heterocycles. The summed E-state index contributed by atoms with van der Waals surface area (Å²) in [5.41, 5.74) is 4.13. The van der Waals surface area contributed by atoms with Gasteiger partial charge in [0.05, 0.1) is 0 Å². The number of aliphatic hydroxyl groups excluding tert-OH is 1. The molecule has 6 heteroatoms. The van der Waals surface area contributed by atoms with E-state index in [0.29, 0.717) is 17.0 Å². The van der Waals surface area contributed by atoms with Crippen LogP contribution in [0.3, 0.4) is 0 Å². The SMILES string of the molecule is CCCCCCCC(CCCC)C(O)C(=NO)c1ccccc1.CCCCCCCCCc1ccc(O)c(C(=NO)c2ccccc2)c1. The summed E-state index contributed by atoms with van der Waals surface area (Å²) < 4.78 is 0. The summed E-state index contributed by atoms with van der Waals surface area (Å²) in [6.07, 6.45) is 19.6. The molecule has 3 aromatic rings. The third-order valence-electron chi connectivity index (χ3n) is 9.04. The van der Waals surface area contributed by atoms with Gasteiger partial charge in [-0.05, 0) is 49.3 Å². The van der Waals surface area contributed by atoms with Crippen molar-refractivity contribution in [3.05, 3.63) is 101 Å². The Morgan fingerprint density at radius 3 is 1.67 bits per heavy atom. The van der Waals surface area contributed by atoms with Crippen molar-refractivity contribution in [1.82, 2.24) is 0 Å². The second kappa shape index (κ2) is 25.4. The van der Waals surface area contributed by atoms with E-state index in [-0.39, 0.29) is 11.7 Å². The summed E-state index contributed by atoms with van der Waals surface area (Å²) >= 11 is 0. The summed E-state index contributed by atoms with van der Waals surface area (Å²) in [6, 6.07) is 24.5. The molecule has 0 heterocycles. The standard InChI is InChI=1S/C22H29NO2.C20H33NO2/c1-2-3-4-5-6-7-9-12-18-15-16-21(24)20(17-18)22(23-25)19-13-10-8-11-14-19;1-3-5-7-8-10-16-18(13-6-4-2)20(22)19(21-23)17-14-11-9-12-15-17/h8,10-11,13-17,24-25H,2-7,9,12H2,1H3;9,11-12,14-15,18,20,22-23H,3-8,10,13,16H2,1-2H3. The summed E-state index contributed by atoms with van der Waals surface area (Å²) in [5.74, 6) is 0.308. The van der Waals surface area contributed by atoms with Crippen molar-refractivity contribution in [2.75, 3.05) is 0 Å². The van der Waals surface area contributed by atoms with Gasteiger partial charge in [-0.15, -0.1) is 0 Å². The zero-order chi connectivity index (χ0) is 34.8. The van der Waals surface area contributed by atoms with E-state index < -0.39 is 6.10 Å². The summed E-state index contributed by atoms with van der Waals surface area (Å²) in [4.78, 5) is 0. The number of rotatable bonds is 22. The topological polar surface area (TPSA) is 106 Å². The highest BCUT2D eigenvalue weighted by atomic mass is 16.4. The molecule has 2 atom stereocenters. The summed E-state index contributed by atoms with van der Waals surface area (Å²) in [6.45, 7) is 6.63. The summed E-state index contributed by atoms with van der Waals surface area (Å²) in [7, 11) is 0. The lowest BCUT2D eigenvalue weighted by molar-refractivity contribution is 0.148. The maximum atomic E-state index is 10.8. The van der Waals surface area contributed by atoms with Gasteiger partial charge >= 0.3 is 0 Å². The molecule has 4 N–H and O–H groups in total. The molecule has 48 heavy (non-hydrogen) atoms. The van der Waals surface area contributed by atoms with Gasteiger partial charge in [-0.1, -0.05) is 181 Å². The van der Waals surface area contributed by atoms with Crippen LogP contribution in [0.2, 0.25) is 0 Å². The molecule has 3 aromatic carbocycles. The molecule has 0 radical (unpaired) electrons. The van der Waals surface area contributed by atoms with Crippen molar-refractivity contribution < 1.29 is 20.6 Å². The first kappa shape index (κ1) is 40.5. The molecule has 264 valence electrons. The lowest BCUT2D eigenvalue weighted by atomic mass is 9.86. The average molecular weight is 659 g/mol. The van der Waals surface area contributed by atoms with E-state index in [9.17, 15) is 20.6 Å². The fourth-order valence-corrected chi connectivity index (χ4v) is 6.13. The van der Waals surface area contributed by atoms with Crippen LogP contribution in [0.5, 0.6) is 5.75 Å². The van der Waals surface area contributed by atoms with Crippen molar-refractivity contribution in [1.29, 1.82) is 0 Å². The van der Waals surface area contributed by atoms with E-state index >= 15 is 0 Å². The quantitative estimate of drug-likeness (QED) is 0.0373. The van der Waals surface area contributed by atoms with Crippen LogP contribution in [0.25, 0.3) is 0 Å². The normalized spacial score (nSPS) is 13.1. The molecule has 0 spiro atoms. The molecule has 0 aliphatic carbocycles. The minimum Gasteiger partial charge on any atom is -0.507 e. The van der Waals surface area contributed by atoms with Crippen LogP contribution in [0.15, 0.2) is 89.2 Å². The first-order valence-corrected chi connectivity index (χ1v) is 18.6. The molecule has 6 nitrogen and oxygen atoms in total. The van der Waals surface area contributed by atoms with E-state index in [1.165, 1.54) is 69.8 Å². The molecule has 0 aromatic heterocycles. The zero-order valence-corrected chi connectivity index (χ0v) is 29.9. The molecule has 0 fully saturated rings. The van der Waals surface area contributed by atoms with Gasteiger partial charge in [0.25, 0.3) is 0 Å². The Morgan fingerprint density at radius 2 is 1.10 bits per heavy atom. The van der Waals surface area contributed by atoms with Crippen molar-refractivity contribution in [2.24, 2.45) is 16.2 Å². The monoisotopic (exact) mass is 658 g/mol. The molecule has 2 unspecified atom stereocenters. The van der Waals surface area contributed by atoms with Crippen LogP contribution in [-0.4, -0.2) is 38.2 Å². The highest BCUT2D eigenvalue weighted by molar-refractivity contribution is 6.14. The van der Waals surface area contributed by atoms with Gasteiger partial charge < -0.3 is 20.6 Å². The van der Waals surface area contributed by atoms with Gasteiger partial charge in [-0.2, -0.15) is 0 Å². The molecule has 0 saturated heterocycles. The van der Waals surface area contributed by atoms with Crippen LogP contribution >= 0.6 is 0 Å². The van der Waals surface area contributed by atoms with Gasteiger partial charge in [0.1, 0.15) is 23.3 Å². The molecule has 0 aliphatic rings. The minimum atomic E-state index is -0.694. The first-order chi connectivity index (χ1) is 23.5. The Hall–Kier alpha value is -3.64. The van der Waals surface area contributed by atoms with Crippen molar-refractivity contribution >= 4 is 11.4 Å². The fraction of sp³-hybridized carbons (Fsp3) is 0.524. The minimum absolute atomic E-state index is 0.139. The van der Waals surface area contributed by atoms with Crippen molar-refractivity contribution in [2.45, 2.75) is 136 Å². The molecule has 0 amide bonds. The second-order valence-electron chi connectivity index (χ2n) is 12.9. The van der Waals surface area contributed by atoms with E-state index in [4.69, 9.17) is 0 Å². The fourth-order valence-electron chi connectivity index (χ4n) is 6.13. The smallest absolute Gasteiger partial charge is 0.125 e. The highest BCUT2D eigenvalue weighted by Crippen LogP contribution is 2.25. The number of aromatic hydroxyl groups is 1. The van der Waals surface area contributed by atoms with Crippen LogP contribution in [0.1, 0.15) is 146 Å². The number of hydrogen-bond acceptors (Lipinski definition) is 6. The highest BCUT2D eigenvalue weighted by Gasteiger charge is 2.25. The average Bonchev–Trinajstić information content (AvgIpc) is 3.12. The zero-order valence-electron chi connectivity index (χ0n) is 29.9. The molecular formula is C42H62N2O4. The Balaban J connectivity index is 0.000000335. The predicted octanol–water partition coefficient (Wildman–Crippen LogP) is 11.3. The summed E-state index contributed by atoms with van der Waals surface area (Å²) in [5, 5.41) is 46.6. The Bertz CT molecular complexity index is 1290. The van der Waals surface area contributed by atoms with E-state index in [2.05, 4.69) is 31.1 Å². The first-order valence-electron chi connectivity index (χ1n) is 18.6. The Morgan fingerprint density at radius 1 is 0.583 bits per heavy atom. The number of benzene rings is 3. The van der Waals surface area contributed by atoms with Crippen LogP contribution in [0, 0.1) is 5.92 Å². The van der Waals surface area contributed by atoms with Gasteiger partial charge in [0.2, 0.25) is 0 Å². The van der Waals surface area contributed by atoms with E-state index in [0.717, 1.165) is 56.1 Å². The molecule has 0 bridgehead atoms. The number of aliphatic hydroxyl groups is 1. The van der Waals surface area contributed by atoms with E-state index in [1.807, 2.05) is 72.8 Å². The van der Waals surface area contributed by atoms with Crippen molar-refractivity contribution in [3.63, 3.8) is 0 Å². The third-order valence-corrected chi connectivity index (χ3v) is 9.04. The van der Waals surface area contributed by atoms with Gasteiger partial charge in [0, 0.05) is 16.7 Å². The van der Waals surface area contributed by atoms with Crippen molar-refractivity contribution in [3.8, 4) is 5.75 Å². The molecule has 0 saturated carbocycles. The van der Waals surface area contributed by atoms with Gasteiger partial charge in [0.15, 0.2) is 0 Å². The van der Waals surface area contributed by atoms with Gasteiger partial charge in [-0.3, -0.25) is 0 Å². The Kier molecular flexibility index (Phi) is 21.4. The Labute approximate surface area is 290 Å². The number of aryl methyl sites for hydroxylation is 1. The maximum Gasteiger partial charge on any atom is 0.125 e. The second-order valence-corrected chi connectivity index (χ2v) is 12.9. The molecular weight excluding hydrogens is 596 g/mol. The number of nitrogens with zero attached hydrogens (tertiary/aromatic N) is 2. The maximum absolute atomic E-state index is 10.8. The van der Waals surface area contributed by atoms with Crippen LogP contribution in [0.4, 0.5) is 0 Å². The number of hydrogen-bond donors (Lipinski definition) is 4. The number of phenols is 1. The lowest BCUT2D eigenvalue weighted by Crippen LogP contribution is -2.30. The van der Waals surface area contributed by atoms with Gasteiger partial charge in [-0.25, -0.2) is 0 Å². The van der Waals surface area contributed by atoms with E-state index in [1.54, 1.807) is 6.07 Å². The number of phenolic OH excluding ortho intramolecular Hbond substituents is 1. The van der Waals surface area contributed by atoms with Crippen LogP contribution in [-0.2, 0) is 6.42 Å². The lowest BCUT2D eigenvalue weighted by Gasteiger charge is -2.24.